The molecule has 2 N–H and O–H groups in total. The third-order valence-electron chi connectivity index (χ3n) is 3.13. The minimum atomic E-state index is -3.98. The Labute approximate surface area is 126 Å². The molecule has 7 nitrogen and oxygen atoms in total. The van der Waals surface area contributed by atoms with E-state index in [1.807, 2.05) is 0 Å². The van der Waals surface area contributed by atoms with Gasteiger partial charge in [0, 0.05) is 7.05 Å². The topological polar surface area (TPSA) is 101 Å². The zero-order chi connectivity index (χ0) is 15.9. The summed E-state index contributed by atoms with van der Waals surface area (Å²) in [4.78, 5) is 10.8. The van der Waals surface area contributed by atoms with Gasteiger partial charge in [0.15, 0.2) is 0 Å². The number of aromatic carboxylic acids is 1. The number of aromatic nitrogens is 2. The molecule has 0 aliphatic rings. The van der Waals surface area contributed by atoms with E-state index >= 15 is 0 Å². The highest BCUT2D eigenvalue weighted by Gasteiger charge is 2.28. The molecule has 9 heteroatoms. The standard InChI is InChI=1S/C12H15N3O4S2/c1-6-5-20-10(12(16)17)11(6)21(18,19)14-9-7(2)13-15(4)8(9)3/h5,14H,1-4H3,(H,16,17). The van der Waals surface area contributed by atoms with Gasteiger partial charge < -0.3 is 5.11 Å². The number of carboxylic acid groups (broad SMARTS) is 1. The molecule has 21 heavy (non-hydrogen) atoms. The molecule has 2 heterocycles. The Morgan fingerprint density at radius 2 is 2.00 bits per heavy atom. The SMILES string of the molecule is Cc1csc(C(=O)O)c1S(=O)(=O)Nc1c(C)nn(C)c1C. The van der Waals surface area contributed by atoms with Gasteiger partial charge in [0.25, 0.3) is 10.0 Å². The minimum Gasteiger partial charge on any atom is -0.477 e. The molecule has 0 saturated carbocycles. The molecular weight excluding hydrogens is 314 g/mol. The van der Waals surface area contributed by atoms with Crippen LogP contribution < -0.4 is 4.72 Å². The van der Waals surface area contributed by atoms with Crippen molar-refractivity contribution >= 4 is 33.0 Å². The summed E-state index contributed by atoms with van der Waals surface area (Å²) >= 11 is 0.896. The van der Waals surface area contributed by atoms with Gasteiger partial charge >= 0.3 is 5.97 Å². The van der Waals surface area contributed by atoms with Crippen LogP contribution in [0.25, 0.3) is 0 Å². The maximum absolute atomic E-state index is 12.5. The summed E-state index contributed by atoms with van der Waals surface area (Å²) in [6.45, 7) is 4.99. The van der Waals surface area contributed by atoms with Crippen LogP contribution in [0, 0.1) is 20.8 Å². The highest BCUT2D eigenvalue weighted by Crippen LogP contribution is 2.30. The number of nitrogens with zero attached hydrogens (tertiary/aromatic N) is 2. The first-order valence-corrected chi connectivity index (χ1v) is 8.36. The highest BCUT2D eigenvalue weighted by molar-refractivity contribution is 7.93. The number of anilines is 1. The van der Waals surface area contributed by atoms with Crippen molar-refractivity contribution < 1.29 is 18.3 Å². The molecule has 0 amide bonds. The van der Waals surface area contributed by atoms with Crippen LogP contribution in [0.1, 0.15) is 26.6 Å². The number of rotatable bonds is 4. The first kappa shape index (κ1) is 15.5. The zero-order valence-corrected chi connectivity index (χ0v) is 13.6. The second-order valence-electron chi connectivity index (χ2n) is 4.66. The fourth-order valence-electron chi connectivity index (χ4n) is 2.02. The quantitative estimate of drug-likeness (QED) is 0.892. The van der Waals surface area contributed by atoms with Gasteiger partial charge in [-0.1, -0.05) is 0 Å². The van der Waals surface area contributed by atoms with Crippen LogP contribution in [0.5, 0.6) is 0 Å². The van der Waals surface area contributed by atoms with Crippen molar-refractivity contribution in [3.8, 4) is 0 Å². The Bertz CT molecular complexity index is 818. The largest absolute Gasteiger partial charge is 0.477 e. The molecule has 0 bridgehead atoms. The van der Waals surface area contributed by atoms with E-state index in [4.69, 9.17) is 5.11 Å². The van der Waals surface area contributed by atoms with Crippen molar-refractivity contribution in [2.24, 2.45) is 7.05 Å². The van der Waals surface area contributed by atoms with Gasteiger partial charge in [0.05, 0.1) is 17.1 Å². The Morgan fingerprint density at radius 3 is 2.48 bits per heavy atom. The summed E-state index contributed by atoms with van der Waals surface area (Å²) in [6.07, 6.45) is 0. The lowest BCUT2D eigenvalue weighted by Crippen LogP contribution is -2.17. The number of carbonyl (C=O) groups is 1. The van der Waals surface area contributed by atoms with E-state index in [0.717, 1.165) is 11.3 Å². The van der Waals surface area contributed by atoms with Crippen LogP contribution in [-0.4, -0.2) is 29.3 Å². The number of hydrogen-bond acceptors (Lipinski definition) is 5. The normalized spacial score (nSPS) is 11.6. The molecular formula is C12H15N3O4S2. The van der Waals surface area contributed by atoms with E-state index in [1.54, 1.807) is 32.5 Å². The Kier molecular flexibility index (Phi) is 3.81. The summed E-state index contributed by atoms with van der Waals surface area (Å²) in [7, 11) is -2.27. The van der Waals surface area contributed by atoms with Crippen molar-refractivity contribution in [1.29, 1.82) is 0 Å². The van der Waals surface area contributed by atoms with Gasteiger partial charge in [-0.3, -0.25) is 9.40 Å². The van der Waals surface area contributed by atoms with Crippen LogP contribution in [0.3, 0.4) is 0 Å². The first-order chi connectivity index (χ1) is 9.65. The number of thiophene rings is 1. The van der Waals surface area contributed by atoms with Gasteiger partial charge in [-0.2, -0.15) is 5.10 Å². The Hall–Kier alpha value is -1.87. The predicted molar refractivity (Wildman–Crippen MR) is 79.5 cm³/mol. The fourth-order valence-corrected chi connectivity index (χ4v) is 4.83. The second-order valence-corrected chi connectivity index (χ2v) is 7.16. The number of nitrogens with one attached hydrogen (secondary N) is 1. The molecule has 0 aromatic carbocycles. The van der Waals surface area contributed by atoms with Crippen LogP contribution in [0.2, 0.25) is 0 Å². The molecule has 0 fully saturated rings. The molecule has 0 spiro atoms. The van der Waals surface area contributed by atoms with Crippen molar-refractivity contribution in [3.05, 3.63) is 27.2 Å². The summed E-state index contributed by atoms with van der Waals surface area (Å²) < 4.78 is 29.0. The van der Waals surface area contributed by atoms with Gasteiger partial charge in [0.1, 0.15) is 9.77 Å². The van der Waals surface area contributed by atoms with Crippen LogP contribution in [-0.2, 0) is 17.1 Å². The maximum Gasteiger partial charge on any atom is 0.347 e. The van der Waals surface area contributed by atoms with Crippen LogP contribution in [0.15, 0.2) is 10.3 Å². The lowest BCUT2D eigenvalue weighted by molar-refractivity contribution is 0.0698. The van der Waals surface area contributed by atoms with Crippen LogP contribution in [0.4, 0.5) is 5.69 Å². The molecule has 2 rings (SSSR count). The van der Waals surface area contributed by atoms with Crippen molar-refractivity contribution in [2.45, 2.75) is 25.7 Å². The Balaban J connectivity index is 2.54. The molecule has 0 saturated heterocycles. The molecule has 0 aliphatic heterocycles. The van der Waals surface area contributed by atoms with Crippen molar-refractivity contribution in [1.82, 2.24) is 9.78 Å². The lowest BCUT2D eigenvalue weighted by Gasteiger charge is -2.09. The molecule has 2 aromatic rings. The minimum absolute atomic E-state index is 0.192. The van der Waals surface area contributed by atoms with E-state index in [9.17, 15) is 13.2 Å². The van der Waals surface area contributed by atoms with Crippen LogP contribution >= 0.6 is 11.3 Å². The molecule has 0 unspecified atom stereocenters. The number of aryl methyl sites for hydroxylation is 3. The molecule has 0 aliphatic carbocycles. The molecule has 2 aromatic heterocycles. The number of hydrogen-bond donors (Lipinski definition) is 2. The Morgan fingerprint density at radius 1 is 1.38 bits per heavy atom. The molecule has 0 radical (unpaired) electrons. The summed E-state index contributed by atoms with van der Waals surface area (Å²) in [6, 6.07) is 0. The zero-order valence-electron chi connectivity index (χ0n) is 12.0. The summed E-state index contributed by atoms with van der Waals surface area (Å²) in [5, 5.41) is 14.8. The lowest BCUT2D eigenvalue weighted by atomic mass is 10.3. The van der Waals surface area contributed by atoms with E-state index in [1.165, 1.54) is 5.38 Å². The van der Waals surface area contributed by atoms with E-state index < -0.39 is 16.0 Å². The molecule has 0 atom stereocenters. The third kappa shape index (κ3) is 2.66. The van der Waals surface area contributed by atoms with E-state index in [0.29, 0.717) is 22.6 Å². The average molecular weight is 329 g/mol. The highest BCUT2D eigenvalue weighted by atomic mass is 32.2. The van der Waals surface area contributed by atoms with E-state index in [2.05, 4.69) is 9.82 Å². The van der Waals surface area contributed by atoms with Gasteiger partial charge in [-0.05, 0) is 31.7 Å². The van der Waals surface area contributed by atoms with Gasteiger partial charge in [-0.25, -0.2) is 13.2 Å². The number of sulfonamides is 1. The fraction of sp³-hybridized carbons (Fsp3) is 0.333. The maximum atomic E-state index is 12.5. The summed E-state index contributed by atoms with van der Waals surface area (Å²) in [5.74, 6) is -1.26. The predicted octanol–water partition coefficient (Wildman–Crippen LogP) is 1.91. The van der Waals surface area contributed by atoms with Crippen molar-refractivity contribution in [3.63, 3.8) is 0 Å². The van der Waals surface area contributed by atoms with Gasteiger partial charge in [-0.15, -0.1) is 11.3 Å². The number of carboxylic acids is 1. The molecule has 114 valence electrons. The van der Waals surface area contributed by atoms with Crippen molar-refractivity contribution in [2.75, 3.05) is 4.72 Å². The average Bonchev–Trinajstić information content (AvgIpc) is 2.86. The summed E-state index contributed by atoms with van der Waals surface area (Å²) in [5.41, 5.74) is 1.97. The van der Waals surface area contributed by atoms with E-state index in [-0.39, 0.29) is 9.77 Å². The van der Waals surface area contributed by atoms with Gasteiger partial charge in [0.2, 0.25) is 0 Å². The second kappa shape index (κ2) is 5.15. The smallest absolute Gasteiger partial charge is 0.347 e. The third-order valence-corrected chi connectivity index (χ3v) is 5.88. The monoisotopic (exact) mass is 329 g/mol. The first-order valence-electron chi connectivity index (χ1n) is 5.99.